The van der Waals surface area contributed by atoms with Crippen molar-refractivity contribution in [2.75, 3.05) is 13.2 Å². The Labute approximate surface area is 150 Å². The minimum atomic E-state index is 0.308. The van der Waals surface area contributed by atoms with Crippen molar-refractivity contribution in [3.63, 3.8) is 0 Å². The van der Waals surface area contributed by atoms with Gasteiger partial charge in [0.25, 0.3) is 0 Å². The normalized spacial score (nSPS) is 10.8. The maximum Gasteiger partial charge on any atom is 0.477 e. The lowest BCUT2D eigenvalue weighted by Crippen LogP contribution is -2.12. The number of unbranched alkanes of at least 4 members (excludes halogenated alkanes) is 14. The summed E-state index contributed by atoms with van der Waals surface area (Å²) in [4.78, 5) is 21.4. The van der Waals surface area contributed by atoms with Crippen molar-refractivity contribution < 1.29 is 14.8 Å². The predicted octanol–water partition coefficient (Wildman–Crippen LogP) is 6.91. The van der Waals surface area contributed by atoms with E-state index in [0.717, 1.165) is 25.7 Å². The molecule has 0 saturated carbocycles. The SMILES string of the molecule is CCCCCCCCCCO[N+](=O)OCCCCCCCCCC. The zero-order chi connectivity index (χ0) is 17.7. The Morgan fingerprint density at radius 1 is 0.500 bits per heavy atom. The summed E-state index contributed by atoms with van der Waals surface area (Å²) in [5.74, 6) is 0. The molecule has 4 nitrogen and oxygen atoms in total. The second-order valence-electron chi connectivity index (χ2n) is 6.84. The van der Waals surface area contributed by atoms with Gasteiger partial charge in [0.2, 0.25) is 0 Å². The van der Waals surface area contributed by atoms with Crippen molar-refractivity contribution in [3.8, 4) is 0 Å². The summed E-state index contributed by atoms with van der Waals surface area (Å²) in [5.41, 5.74) is 0. The number of rotatable bonds is 20. The topological polar surface area (TPSA) is 38.5 Å². The van der Waals surface area contributed by atoms with Gasteiger partial charge in [0.15, 0.2) is 13.2 Å². The maximum absolute atomic E-state index is 11.3. The molecule has 0 aromatic heterocycles. The fraction of sp³-hybridized carbons (Fsp3) is 1.00. The van der Waals surface area contributed by atoms with E-state index in [0.29, 0.717) is 18.3 Å². The summed E-state index contributed by atoms with van der Waals surface area (Å²) >= 11 is 0. The van der Waals surface area contributed by atoms with Gasteiger partial charge in [-0.25, -0.2) is 0 Å². The molecule has 0 bridgehead atoms. The van der Waals surface area contributed by atoms with E-state index < -0.39 is 0 Å². The molecule has 0 aromatic rings. The van der Waals surface area contributed by atoms with E-state index in [1.165, 1.54) is 77.0 Å². The van der Waals surface area contributed by atoms with E-state index in [1.54, 1.807) is 0 Å². The van der Waals surface area contributed by atoms with Crippen LogP contribution >= 0.6 is 0 Å². The molecule has 0 aromatic carbocycles. The van der Waals surface area contributed by atoms with Gasteiger partial charge in [0.1, 0.15) is 4.91 Å². The highest BCUT2D eigenvalue weighted by Crippen LogP contribution is 2.09. The number of hydrogen-bond donors (Lipinski definition) is 0. The molecule has 0 saturated heterocycles. The average molecular weight is 345 g/mol. The molecule has 0 heterocycles. The molecular weight excluding hydrogens is 302 g/mol. The highest BCUT2D eigenvalue weighted by molar-refractivity contribution is 4.46. The Balaban J connectivity index is 3.13. The number of nitrogens with zero attached hydrogens (tertiary/aromatic N) is 1. The van der Waals surface area contributed by atoms with Crippen LogP contribution in [-0.4, -0.2) is 18.3 Å². The Morgan fingerprint density at radius 2 is 0.792 bits per heavy atom. The molecule has 0 radical (unpaired) electrons. The molecule has 0 atom stereocenters. The first-order chi connectivity index (χ1) is 11.8. The summed E-state index contributed by atoms with van der Waals surface area (Å²) in [7, 11) is 0. The molecule has 0 aliphatic heterocycles. The largest absolute Gasteiger partial charge is 0.477 e. The monoisotopic (exact) mass is 344 g/mol. The van der Waals surface area contributed by atoms with Gasteiger partial charge in [0, 0.05) is 0 Å². The maximum atomic E-state index is 11.3. The molecule has 0 aliphatic rings. The van der Waals surface area contributed by atoms with E-state index in [2.05, 4.69) is 13.8 Å². The molecule has 0 fully saturated rings. The number of hydrogen-bond acceptors (Lipinski definition) is 3. The quantitative estimate of drug-likeness (QED) is 0.178. The van der Waals surface area contributed by atoms with Crippen LogP contribution in [0.25, 0.3) is 0 Å². The van der Waals surface area contributed by atoms with Crippen LogP contribution < -0.4 is 0 Å². The van der Waals surface area contributed by atoms with Crippen molar-refractivity contribution in [1.82, 2.24) is 0 Å². The standard InChI is InChI=1S/C20H42NO3/c1-3-5-7-9-11-13-15-17-19-23-21(22)24-20-18-16-14-12-10-8-6-4-2/h3-20H2,1-2H3/q+1. The zero-order valence-electron chi connectivity index (χ0n) is 16.4. The Bertz CT molecular complexity index is 235. The highest BCUT2D eigenvalue weighted by atomic mass is 17.0. The first-order valence-electron chi connectivity index (χ1n) is 10.5. The van der Waals surface area contributed by atoms with Crippen LogP contribution in [0.3, 0.4) is 0 Å². The van der Waals surface area contributed by atoms with E-state index in [1.807, 2.05) is 0 Å². The molecule has 24 heavy (non-hydrogen) atoms. The molecule has 144 valence electrons. The van der Waals surface area contributed by atoms with Gasteiger partial charge < -0.3 is 0 Å². The summed E-state index contributed by atoms with van der Waals surface area (Å²) in [5, 5.41) is 0.308. The van der Waals surface area contributed by atoms with E-state index in [4.69, 9.17) is 9.68 Å². The second-order valence-corrected chi connectivity index (χ2v) is 6.84. The van der Waals surface area contributed by atoms with Crippen LogP contribution in [0, 0.1) is 4.91 Å². The molecule has 0 N–H and O–H groups in total. The molecule has 4 heteroatoms. The fourth-order valence-corrected chi connectivity index (χ4v) is 2.79. The molecule has 0 aliphatic carbocycles. The van der Waals surface area contributed by atoms with Gasteiger partial charge in [-0.2, -0.15) is 9.68 Å². The first kappa shape index (κ1) is 23.2. The lowest BCUT2D eigenvalue weighted by atomic mass is 10.1. The first-order valence-corrected chi connectivity index (χ1v) is 10.5. The smallest absolute Gasteiger partial charge is 0.187 e. The van der Waals surface area contributed by atoms with Crippen molar-refractivity contribution in [2.24, 2.45) is 0 Å². The third-order valence-corrected chi connectivity index (χ3v) is 4.39. The molecule has 0 amide bonds. The van der Waals surface area contributed by atoms with Gasteiger partial charge in [-0.3, -0.25) is 0 Å². The van der Waals surface area contributed by atoms with Gasteiger partial charge in [-0.1, -0.05) is 90.9 Å². The second kappa shape index (κ2) is 20.2. The molecular formula is C20H42NO3+. The zero-order valence-corrected chi connectivity index (χ0v) is 16.4. The van der Waals surface area contributed by atoms with Crippen molar-refractivity contribution >= 4 is 0 Å². The highest BCUT2D eigenvalue weighted by Gasteiger charge is 2.11. The van der Waals surface area contributed by atoms with Crippen LogP contribution in [0.1, 0.15) is 117 Å². The van der Waals surface area contributed by atoms with Gasteiger partial charge in [-0.15, -0.1) is 0 Å². The van der Waals surface area contributed by atoms with Crippen LogP contribution in [0.2, 0.25) is 0 Å². The van der Waals surface area contributed by atoms with Crippen LogP contribution in [-0.2, 0) is 9.68 Å². The Hall–Kier alpha value is -0.800. The lowest BCUT2D eigenvalue weighted by molar-refractivity contribution is -0.981. The van der Waals surface area contributed by atoms with Gasteiger partial charge in [0.05, 0.1) is 0 Å². The summed E-state index contributed by atoms with van der Waals surface area (Å²) in [6, 6.07) is 0. The third kappa shape index (κ3) is 19.2. The third-order valence-electron chi connectivity index (χ3n) is 4.39. The summed E-state index contributed by atoms with van der Waals surface area (Å²) < 4.78 is 0. The minimum absolute atomic E-state index is 0.308. The molecule has 0 unspecified atom stereocenters. The Morgan fingerprint density at radius 3 is 1.12 bits per heavy atom. The van der Waals surface area contributed by atoms with Crippen LogP contribution in [0.15, 0.2) is 0 Å². The van der Waals surface area contributed by atoms with Crippen molar-refractivity contribution in [1.29, 1.82) is 0 Å². The van der Waals surface area contributed by atoms with Crippen molar-refractivity contribution in [2.45, 2.75) is 117 Å². The molecule has 0 rings (SSSR count). The predicted molar refractivity (Wildman–Crippen MR) is 101 cm³/mol. The average Bonchev–Trinajstić information content (AvgIpc) is 2.59. The van der Waals surface area contributed by atoms with E-state index >= 15 is 0 Å². The summed E-state index contributed by atoms with van der Waals surface area (Å²) in [6.07, 6.45) is 19.9. The fourth-order valence-electron chi connectivity index (χ4n) is 2.79. The van der Waals surface area contributed by atoms with E-state index in [9.17, 15) is 4.91 Å². The van der Waals surface area contributed by atoms with E-state index in [-0.39, 0.29) is 0 Å². The lowest BCUT2D eigenvalue weighted by Gasteiger charge is -2.00. The van der Waals surface area contributed by atoms with Gasteiger partial charge in [-0.05, 0) is 25.7 Å². The summed E-state index contributed by atoms with van der Waals surface area (Å²) in [6.45, 7) is 5.41. The van der Waals surface area contributed by atoms with Crippen LogP contribution in [0.5, 0.6) is 0 Å². The van der Waals surface area contributed by atoms with Gasteiger partial charge >= 0.3 is 5.09 Å². The molecule has 0 spiro atoms. The van der Waals surface area contributed by atoms with Crippen molar-refractivity contribution in [3.05, 3.63) is 4.91 Å². The van der Waals surface area contributed by atoms with Crippen LogP contribution in [0.4, 0.5) is 0 Å². The minimum Gasteiger partial charge on any atom is -0.187 e. The Kier molecular flexibility index (Phi) is 19.6.